The van der Waals surface area contributed by atoms with Crippen molar-refractivity contribution in [1.29, 1.82) is 0 Å². The number of carboxylic acid groups (broad SMARTS) is 1. The molecule has 0 spiro atoms. The van der Waals surface area contributed by atoms with Gasteiger partial charge in [0.25, 0.3) is 5.91 Å². The van der Waals surface area contributed by atoms with Crippen LogP contribution in [0.5, 0.6) is 0 Å². The van der Waals surface area contributed by atoms with Crippen LogP contribution in [0.25, 0.3) is 0 Å². The normalized spacial score (nSPS) is 27.2. The number of nitrogens with zero attached hydrogens (tertiary/aromatic N) is 1. The topological polar surface area (TPSA) is 113 Å². The summed E-state index contributed by atoms with van der Waals surface area (Å²) in [5, 5.41) is 11.0. The van der Waals surface area contributed by atoms with Gasteiger partial charge in [-0.3, -0.25) is 14.5 Å². The van der Waals surface area contributed by atoms with Crippen LogP contribution in [-0.2, 0) is 14.4 Å². The number of carboxylic acids is 1. The lowest BCUT2D eigenvalue weighted by molar-refractivity contribution is -0.151. The standard InChI is InChI=1S/C15H16FN3O4S/c16-8-6-24-14-10(13(21)19(14)11(8)15(22)23)18-12(20)9(17)7-4-2-1-3-5-7/h1-2,5,9-10,14H,3-4,6,17H2,(H,18,20)(H,22,23)/t9?,10-,14+/m1/s1. The van der Waals surface area contributed by atoms with Gasteiger partial charge in [0, 0.05) is 5.75 Å². The molecule has 0 saturated carbocycles. The molecule has 7 nitrogen and oxygen atoms in total. The summed E-state index contributed by atoms with van der Waals surface area (Å²) in [5.74, 6) is -3.63. The van der Waals surface area contributed by atoms with Gasteiger partial charge in [-0.2, -0.15) is 0 Å². The van der Waals surface area contributed by atoms with E-state index < -0.39 is 46.8 Å². The number of carbonyl (C=O) groups is 3. The van der Waals surface area contributed by atoms with Gasteiger partial charge in [0.15, 0.2) is 5.70 Å². The molecule has 1 fully saturated rings. The molecule has 3 aliphatic rings. The Bertz CT molecular complexity index is 703. The Hall–Kier alpha value is -2.13. The van der Waals surface area contributed by atoms with Gasteiger partial charge in [-0.15, -0.1) is 11.8 Å². The van der Waals surface area contributed by atoms with E-state index in [9.17, 15) is 18.8 Å². The van der Waals surface area contributed by atoms with E-state index in [4.69, 9.17) is 10.8 Å². The third-order valence-electron chi connectivity index (χ3n) is 4.14. The fraction of sp³-hybridized carbons (Fsp3) is 0.400. The first-order chi connectivity index (χ1) is 11.4. The summed E-state index contributed by atoms with van der Waals surface area (Å²) in [7, 11) is 0. The number of β-lactam (4-membered cyclic amide) rings is 1. The highest BCUT2D eigenvalue weighted by Crippen LogP contribution is 2.40. The Morgan fingerprint density at radius 2 is 2.21 bits per heavy atom. The number of nitrogens with one attached hydrogen (secondary N) is 1. The van der Waals surface area contributed by atoms with E-state index in [1.54, 1.807) is 0 Å². The molecule has 4 N–H and O–H groups in total. The fourth-order valence-electron chi connectivity index (χ4n) is 2.87. The molecule has 2 amide bonds. The summed E-state index contributed by atoms with van der Waals surface area (Å²) in [6.07, 6.45) is 7.04. The zero-order valence-corrected chi connectivity index (χ0v) is 13.4. The highest BCUT2D eigenvalue weighted by atomic mass is 32.2. The van der Waals surface area contributed by atoms with Crippen LogP contribution in [0.2, 0.25) is 0 Å². The van der Waals surface area contributed by atoms with Gasteiger partial charge in [-0.1, -0.05) is 18.2 Å². The van der Waals surface area contributed by atoms with Crippen molar-refractivity contribution in [3.8, 4) is 0 Å². The minimum Gasteiger partial charge on any atom is -0.476 e. The summed E-state index contributed by atoms with van der Waals surface area (Å²) in [6, 6.07) is -1.76. The average molecular weight is 353 g/mol. The first-order valence-corrected chi connectivity index (χ1v) is 8.43. The van der Waals surface area contributed by atoms with Crippen LogP contribution in [0.1, 0.15) is 12.8 Å². The number of rotatable bonds is 4. The molecule has 1 saturated heterocycles. The van der Waals surface area contributed by atoms with Crippen molar-refractivity contribution in [1.82, 2.24) is 10.2 Å². The molecule has 1 aliphatic carbocycles. The summed E-state index contributed by atoms with van der Waals surface area (Å²) >= 11 is 1.07. The molecule has 0 aromatic heterocycles. The maximum Gasteiger partial charge on any atom is 0.355 e. The molecule has 9 heteroatoms. The first kappa shape index (κ1) is 16.7. The molecule has 0 radical (unpaired) electrons. The third kappa shape index (κ3) is 2.73. The predicted molar refractivity (Wildman–Crippen MR) is 85.2 cm³/mol. The van der Waals surface area contributed by atoms with Gasteiger partial charge >= 0.3 is 5.97 Å². The molecule has 24 heavy (non-hydrogen) atoms. The van der Waals surface area contributed by atoms with Crippen LogP contribution in [-0.4, -0.2) is 51.0 Å². The number of thioether (sulfide) groups is 1. The zero-order chi connectivity index (χ0) is 17.4. The number of amides is 2. The van der Waals surface area contributed by atoms with Gasteiger partial charge in [0.05, 0.1) is 0 Å². The quantitative estimate of drug-likeness (QED) is 0.493. The zero-order valence-electron chi connectivity index (χ0n) is 12.6. The SMILES string of the molecule is NC(C(=O)N[C@@H]1C(=O)N2C(C(=O)O)=C(F)CS[C@@H]12)C1=CCC=CC1. The minimum atomic E-state index is -1.49. The lowest BCUT2D eigenvalue weighted by Gasteiger charge is -2.48. The minimum absolute atomic E-state index is 0.148. The molecule has 0 bridgehead atoms. The second-order valence-electron chi connectivity index (χ2n) is 5.62. The molecule has 3 rings (SSSR count). The van der Waals surface area contributed by atoms with Gasteiger partial charge in [-0.05, 0) is 18.4 Å². The highest BCUT2D eigenvalue weighted by Gasteiger charge is 2.54. The van der Waals surface area contributed by atoms with Crippen molar-refractivity contribution in [3.63, 3.8) is 0 Å². The number of carbonyl (C=O) groups excluding carboxylic acids is 2. The average Bonchev–Trinajstić information content (AvgIpc) is 2.59. The van der Waals surface area contributed by atoms with E-state index >= 15 is 0 Å². The summed E-state index contributed by atoms with van der Waals surface area (Å²) in [6.45, 7) is 0. The molecule has 3 atom stereocenters. The molecular weight excluding hydrogens is 337 g/mol. The van der Waals surface area contributed by atoms with Crippen molar-refractivity contribution in [3.05, 3.63) is 35.3 Å². The Kier molecular flexibility index (Phi) is 4.46. The Labute approximate surface area is 141 Å². The summed E-state index contributed by atoms with van der Waals surface area (Å²) < 4.78 is 13.7. The van der Waals surface area contributed by atoms with Gasteiger partial charge in [-0.25, -0.2) is 9.18 Å². The first-order valence-electron chi connectivity index (χ1n) is 7.38. The number of hydrogen-bond donors (Lipinski definition) is 3. The van der Waals surface area contributed by atoms with Gasteiger partial charge < -0.3 is 16.2 Å². The Morgan fingerprint density at radius 1 is 1.46 bits per heavy atom. The molecule has 0 aromatic carbocycles. The maximum absolute atomic E-state index is 13.7. The molecule has 2 aliphatic heterocycles. The lowest BCUT2D eigenvalue weighted by Crippen LogP contribution is -2.71. The van der Waals surface area contributed by atoms with Gasteiger partial charge in [0.1, 0.15) is 23.3 Å². The molecule has 2 heterocycles. The maximum atomic E-state index is 13.7. The van der Waals surface area contributed by atoms with Crippen LogP contribution in [0.15, 0.2) is 35.3 Å². The van der Waals surface area contributed by atoms with E-state index in [1.165, 1.54) is 0 Å². The predicted octanol–water partition coefficient (Wildman–Crippen LogP) is 0.256. The van der Waals surface area contributed by atoms with E-state index in [2.05, 4.69) is 5.32 Å². The van der Waals surface area contributed by atoms with Crippen molar-refractivity contribution in [2.24, 2.45) is 5.73 Å². The molecular formula is C15H16FN3O4S. The van der Waals surface area contributed by atoms with Crippen molar-refractivity contribution >= 4 is 29.5 Å². The number of hydrogen-bond acceptors (Lipinski definition) is 5. The van der Waals surface area contributed by atoms with Crippen LogP contribution in [0.3, 0.4) is 0 Å². The highest BCUT2D eigenvalue weighted by molar-refractivity contribution is 8.00. The second kappa shape index (κ2) is 6.40. The number of aliphatic carboxylic acids is 1. The largest absolute Gasteiger partial charge is 0.476 e. The van der Waals surface area contributed by atoms with E-state index in [0.717, 1.165) is 22.2 Å². The van der Waals surface area contributed by atoms with Gasteiger partial charge in [0.2, 0.25) is 5.91 Å². The van der Waals surface area contributed by atoms with Crippen LogP contribution < -0.4 is 11.1 Å². The second-order valence-corrected chi connectivity index (χ2v) is 6.73. The van der Waals surface area contributed by atoms with Crippen LogP contribution in [0, 0.1) is 0 Å². The van der Waals surface area contributed by atoms with Crippen molar-refractivity contribution in [2.75, 3.05) is 5.75 Å². The molecule has 128 valence electrons. The number of allylic oxidation sites excluding steroid dienone is 3. The summed E-state index contributed by atoms with van der Waals surface area (Å²) in [4.78, 5) is 36.4. The van der Waals surface area contributed by atoms with Crippen molar-refractivity contribution in [2.45, 2.75) is 30.3 Å². The van der Waals surface area contributed by atoms with Crippen LogP contribution in [0.4, 0.5) is 4.39 Å². The van der Waals surface area contributed by atoms with Crippen LogP contribution >= 0.6 is 11.8 Å². The van der Waals surface area contributed by atoms with E-state index in [1.807, 2.05) is 18.2 Å². The smallest absolute Gasteiger partial charge is 0.355 e. The Morgan fingerprint density at radius 3 is 2.83 bits per heavy atom. The van der Waals surface area contributed by atoms with E-state index in [-0.39, 0.29) is 5.75 Å². The number of fused-ring (bicyclic) bond motifs is 1. The molecule has 0 aromatic rings. The van der Waals surface area contributed by atoms with E-state index in [0.29, 0.717) is 12.8 Å². The van der Waals surface area contributed by atoms with Crippen molar-refractivity contribution < 1.29 is 23.9 Å². The third-order valence-corrected chi connectivity index (χ3v) is 5.39. The number of halogens is 1. The number of nitrogens with two attached hydrogens (primary N) is 1. The fourth-order valence-corrected chi connectivity index (χ4v) is 4.05. The lowest BCUT2D eigenvalue weighted by atomic mass is 9.97. The Balaban J connectivity index is 1.68. The molecule has 1 unspecified atom stereocenters. The monoisotopic (exact) mass is 353 g/mol. The summed E-state index contributed by atoms with van der Waals surface area (Å²) in [5.41, 5.74) is 6.05.